The van der Waals surface area contributed by atoms with E-state index in [4.69, 9.17) is 5.11 Å². The zero-order valence-electron chi connectivity index (χ0n) is 11.0. The molecular weight excluding hydrogens is 210 g/mol. The number of nitrogens with one attached hydrogen (secondary N) is 1. The molecule has 0 aliphatic carbocycles. The minimum atomic E-state index is 1.00. The first-order chi connectivity index (χ1) is 8.38. The van der Waals surface area contributed by atoms with Gasteiger partial charge in [0, 0.05) is 7.11 Å². The predicted molar refractivity (Wildman–Crippen MR) is 76.3 cm³/mol. The summed E-state index contributed by atoms with van der Waals surface area (Å²) >= 11 is 0. The van der Waals surface area contributed by atoms with E-state index in [1.165, 1.54) is 10.8 Å². The zero-order valence-corrected chi connectivity index (χ0v) is 11.0. The van der Waals surface area contributed by atoms with Crippen LogP contribution in [-0.2, 0) is 0 Å². The second-order valence-electron chi connectivity index (χ2n) is 3.30. The van der Waals surface area contributed by atoms with Crippen LogP contribution in [0.25, 0.3) is 10.8 Å². The lowest BCUT2D eigenvalue weighted by Gasteiger charge is -1.92. The highest BCUT2D eigenvalue weighted by molar-refractivity contribution is 5.81. The fraction of sp³-hybridized carbons (Fsp3) is 0.333. The van der Waals surface area contributed by atoms with Crippen LogP contribution in [0.1, 0.15) is 13.8 Å². The van der Waals surface area contributed by atoms with Gasteiger partial charge in [-0.2, -0.15) is 0 Å². The number of hydrogen-bond acceptors (Lipinski definition) is 2. The van der Waals surface area contributed by atoms with Crippen LogP contribution in [0.2, 0.25) is 0 Å². The van der Waals surface area contributed by atoms with Crippen LogP contribution in [-0.4, -0.2) is 25.3 Å². The third kappa shape index (κ3) is 6.72. The van der Waals surface area contributed by atoms with E-state index >= 15 is 0 Å². The molecule has 0 unspecified atom stereocenters. The van der Waals surface area contributed by atoms with Crippen molar-refractivity contribution in [3.05, 3.63) is 48.5 Å². The molecule has 0 saturated heterocycles. The fourth-order valence-corrected chi connectivity index (χ4v) is 1.38. The van der Waals surface area contributed by atoms with E-state index in [2.05, 4.69) is 67.7 Å². The summed E-state index contributed by atoms with van der Waals surface area (Å²) in [5.74, 6) is 0. The quantitative estimate of drug-likeness (QED) is 0.835. The van der Waals surface area contributed by atoms with Crippen molar-refractivity contribution in [1.82, 2.24) is 5.32 Å². The Kier molecular flexibility index (Phi) is 10.2. The molecule has 0 amide bonds. The van der Waals surface area contributed by atoms with Gasteiger partial charge in [0.15, 0.2) is 0 Å². The average Bonchev–Trinajstić information content (AvgIpc) is 2.43. The van der Waals surface area contributed by atoms with Gasteiger partial charge in [0.1, 0.15) is 0 Å². The largest absolute Gasteiger partial charge is 0.400 e. The van der Waals surface area contributed by atoms with Crippen LogP contribution in [0.5, 0.6) is 0 Å². The van der Waals surface area contributed by atoms with Crippen LogP contribution in [0.4, 0.5) is 0 Å². The molecule has 2 nitrogen and oxygen atoms in total. The molecule has 2 aromatic rings. The summed E-state index contributed by atoms with van der Waals surface area (Å²) in [5.41, 5.74) is 0. The summed E-state index contributed by atoms with van der Waals surface area (Å²) in [6, 6.07) is 16.7. The highest BCUT2D eigenvalue weighted by Crippen LogP contribution is 2.11. The smallest absolute Gasteiger partial charge is 0.0319 e. The van der Waals surface area contributed by atoms with Gasteiger partial charge in [-0.15, -0.1) is 0 Å². The molecule has 0 spiro atoms. The average molecular weight is 233 g/mol. The molecule has 17 heavy (non-hydrogen) atoms. The summed E-state index contributed by atoms with van der Waals surface area (Å²) in [6.07, 6.45) is 0. The van der Waals surface area contributed by atoms with Crippen LogP contribution in [0.15, 0.2) is 48.5 Å². The summed E-state index contributed by atoms with van der Waals surface area (Å²) < 4.78 is 0. The molecule has 2 aromatic carbocycles. The van der Waals surface area contributed by atoms with E-state index in [0.29, 0.717) is 0 Å². The minimum Gasteiger partial charge on any atom is -0.400 e. The van der Waals surface area contributed by atoms with Gasteiger partial charge in [0.05, 0.1) is 0 Å². The molecule has 2 rings (SSSR count). The van der Waals surface area contributed by atoms with Crippen molar-refractivity contribution < 1.29 is 5.11 Å². The summed E-state index contributed by atoms with van der Waals surface area (Å²) in [4.78, 5) is 0. The Morgan fingerprint density at radius 1 is 0.765 bits per heavy atom. The highest BCUT2D eigenvalue weighted by Gasteiger charge is 1.85. The van der Waals surface area contributed by atoms with Gasteiger partial charge < -0.3 is 10.4 Å². The Bertz CT molecular complexity index is 320. The normalized spacial score (nSPS) is 8.71. The molecule has 0 bridgehead atoms. The standard InChI is InChI=1S/C10H8.C4H11N.CH4O/c1-2-6-10-8-4-3-7-9(10)5-1;1-3-5-4-2;1-2/h1-8H;5H,3-4H2,1-2H3;2H,1H3. The van der Waals surface area contributed by atoms with E-state index in [1.54, 1.807) is 0 Å². The van der Waals surface area contributed by atoms with Crippen LogP contribution in [0, 0.1) is 0 Å². The first-order valence-corrected chi connectivity index (χ1v) is 5.97. The molecule has 94 valence electrons. The molecule has 0 aliphatic heterocycles. The van der Waals surface area contributed by atoms with Gasteiger partial charge in [0.25, 0.3) is 0 Å². The molecule has 0 aromatic heterocycles. The van der Waals surface area contributed by atoms with Crippen molar-refractivity contribution in [2.45, 2.75) is 13.8 Å². The lowest BCUT2D eigenvalue weighted by Crippen LogP contribution is -2.09. The number of rotatable bonds is 2. The highest BCUT2D eigenvalue weighted by atomic mass is 16.2. The Balaban J connectivity index is 0.000000315. The molecule has 0 aliphatic rings. The Hall–Kier alpha value is -1.38. The molecule has 0 atom stereocenters. The van der Waals surface area contributed by atoms with Gasteiger partial charge in [0.2, 0.25) is 0 Å². The summed E-state index contributed by atoms with van der Waals surface area (Å²) in [6.45, 7) is 6.39. The monoisotopic (exact) mass is 233 g/mol. The van der Waals surface area contributed by atoms with Crippen molar-refractivity contribution in [3.63, 3.8) is 0 Å². The van der Waals surface area contributed by atoms with Crippen molar-refractivity contribution in [1.29, 1.82) is 0 Å². The van der Waals surface area contributed by atoms with Crippen LogP contribution in [0.3, 0.4) is 0 Å². The molecule has 0 fully saturated rings. The Labute approximate surface area is 104 Å². The first-order valence-electron chi connectivity index (χ1n) is 5.97. The summed E-state index contributed by atoms with van der Waals surface area (Å²) in [7, 11) is 1.00. The molecule has 0 heterocycles. The first kappa shape index (κ1) is 15.6. The Morgan fingerprint density at radius 2 is 1.06 bits per heavy atom. The fourth-order valence-electron chi connectivity index (χ4n) is 1.38. The predicted octanol–water partition coefficient (Wildman–Crippen LogP) is 3.06. The van der Waals surface area contributed by atoms with Gasteiger partial charge >= 0.3 is 0 Å². The van der Waals surface area contributed by atoms with Crippen molar-refractivity contribution in [2.24, 2.45) is 0 Å². The molecule has 0 radical (unpaired) electrons. The molecule has 2 heteroatoms. The van der Waals surface area contributed by atoms with Crippen molar-refractivity contribution >= 4 is 10.8 Å². The van der Waals surface area contributed by atoms with E-state index in [1.807, 2.05) is 0 Å². The van der Waals surface area contributed by atoms with Crippen LogP contribution >= 0.6 is 0 Å². The topological polar surface area (TPSA) is 32.3 Å². The molecule has 2 N–H and O–H groups in total. The lowest BCUT2D eigenvalue weighted by atomic mass is 10.1. The molecule has 0 saturated carbocycles. The lowest BCUT2D eigenvalue weighted by molar-refractivity contribution is 0.399. The molecular formula is C15H23NO. The van der Waals surface area contributed by atoms with Gasteiger partial charge in [-0.3, -0.25) is 0 Å². The summed E-state index contributed by atoms with van der Waals surface area (Å²) in [5, 5.41) is 12.7. The maximum Gasteiger partial charge on any atom is 0.0319 e. The number of benzene rings is 2. The number of fused-ring (bicyclic) bond motifs is 1. The van der Waals surface area contributed by atoms with E-state index in [-0.39, 0.29) is 0 Å². The SMILES string of the molecule is CCNCC.CO.c1ccc2ccccc2c1. The van der Waals surface area contributed by atoms with Gasteiger partial charge in [-0.1, -0.05) is 62.4 Å². The zero-order chi connectivity index (χ0) is 12.9. The number of hydrogen-bond donors (Lipinski definition) is 2. The maximum atomic E-state index is 7.00. The van der Waals surface area contributed by atoms with Crippen LogP contribution < -0.4 is 5.32 Å². The number of aliphatic hydroxyl groups is 1. The van der Waals surface area contributed by atoms with E-state index in [0.717, 1.165) is 20.2 Å². The second-order valence-corrected chi connectivity index (χ2v) is 3.30. The minimum absolute atomic E-state index is 1.00. The maximum absolute atomic E-state index is 7.00. The van der Waals surface area contributed by atoms with Crippen molar-refractivity contribution in [3.8, 4) is 0 Å². The van der Waals surface area contributed by atoms with Gasteiger partial charge in [-0.25, -0.2) is 0 Å². The second kappa shape index (κ2) is 11.1. The third-order valence-corrected chi connectivity index (χ3v) is 2.16. The van der Waals surface area contributed by atoms with Gasteiger partial charge in [-0.05, 0) is 23.9 Å². The third-order valence-electron chi connectivity index (χ3n) is 2.16. The Morgan fingerprint density at radius 3 is 1.24 bits per heavy atom. The van der Waals surface area contributed by atoms with E-state index < -0.39 is 0 Å². The van der Waals surface area contributed by atoms with Crippen molar-refractivity contribution in [2.75, 3.05) is 20.2 Å². The van der Waals surface area contributed by atoms with E-state index in [9.17, 15) is 0 Å². The number of aliphatic hydroxyl groups excluding tert-OH is 1.